The normalized spacial score (nSPS) is 11.5. The van der Waals surface area contributed by atoms with Crippen LogP contribution in [0.5, 0.6) is 11.5 Å². The van der Waals surface area contributed by atoms with E-state index in [1.54, 1.807) is 56.7 Å². The Kier molecular flexibility index (Phi) is 4.00. The molecule has 27 heavy (non-hydrogen) atoms. The quantitative estimate of drug-likeness (QED) is 0.541. The highest BCUT2D eigenvalue weighted by Gasteiger charge is 2.13. The highest BCUT2D eigenvalue weighted by molar-refractivity contribution is 6.04. The minimum absolute atomic E-state index is 0.268. The zero-order valence-electron chi connectivity index (χ0n) is 14.6. The van der Waals surface area contributed by atoms with Crippen molar-refractivity contribution in [2.45, 2.75) is 0 Å². The molecule has 4 rings (SSSR count). The minimum Gasteiger partial charge on any atom is -0.497 e. The molecule has 0 radical (unpaired) electrons. The van der Waals surface area contributed by atoms with Crippen molar-refractivity contribution < 1.29 is 9.47 Å². The van der Waals surface area contributed by atoms with E-state index in [2.05, 4.69) is 15.1 Å². The molecule has 0 aliphatic heterocycles. The van der Waals surface area contributed by atoms with Gasteiger partial charge in [0.15, 0.2) is 0 Å². The zero-order valence-corrected chi connectivity index (χ0v) is 14.6. The summed E-state index contributed by atoms with van der Waals surface area (Å²) in [7, 11) is 3.13. The lowest BCUT2D eigenvalue weighted by atomic mass is 10.2. The molecule has 0 saturated heterocycles. The maximum absolute atomic E-state index is 12.7. The van der Waals surface area contributed by atoms with Crippen LogP contribution in [0, 0.1) is 0 Å². The molecule has 0 fully saturated rings. The number of ether oxygens (including phenoxy) is 2. The van der Waals surface area contributed by atoms with Gasteiger partial charge in [-0.2, -0.15) is 5.10 Å². The Bertz CT molecular complexity index is 1280. The molecule has 2 N–H and O–H groups in total. The van der Waals surface area contributed by atoms with Crippen molar-refractivity contribution in [3.63, 3.8) is 0 Å². The van der Waals surface area contributed by atoms with E-state index >= 15 is 0 Å². The fourth-order valence-corrected chi connectivity index (χ4v) is 2.87. The standard InChI is InChI=1S/C19H16N4O4/c1-26-12-5-3-11(4-6-12)10-20-23-18(24)17-16(22-19(23)25)14-9-13(27-2)7-8-15(14)21-17/h3-10,21H,1-2H3,(H,22,25)/b20-10-. The Morgan fingerprint density at radius 1 is 0.926 bits per heavy atom. The van der Waals surface area contributed by atoms with E-state index in [0.29, 0.717) is 22.4 Å². The van der Waals surface area contributed by atoms with Crippen LogP contribution in [0.3, 0.4) is 0 Å². The molecule has 0 unspecified atom stereocenters. The molecule has 0 saturated carbocycles. The second kappa shape index (κ2) is 6.49. The summed E-state index contributed by atoms with van der Waals surface area (Å²) in [6, 6.07) is 12.4. The summed E-state index contributed by atoms with van der Waals surface area (Å²) in [5.41, 5.74) is 0.980. The monoisotopic (exact) mass is 364 g/mol. The largest absolute Gasteiger partial charge is 0.497 e. The van der Waals surface area contributed by atoms with Crippen LogP contribution in [-0.4, -0.2) is 35.1 Å². The third-order valence-corrected chi connectivity index (χ3v) is 4.27. The predicted octanol–water partition coefficient (Wildman–Crippen LogP) is 2.07. The lowest BCUT2D eigenvalue weighted by molar-refractivity contribution is 0.415. The van der Waals surface area contributed by atoms with Crippen LogP contribution in [0.1, 0.15) is 5.56 Å². The molecule has 0 aliphatic carbocycles. The first-order valence-corrected chi connectivity index (χ1v) is 8.14. The molecule has 0 aliphatic rings. The molecule has 0 atom stereocenters. The van der Waals surface area contributed by atoms with E-state index in [4.69, 9.17) is 9.47 Å². The number of aromatic amines is 2. The molecule has 4 aromatic rings. The second-order valence-corrected chi connectivity index (χ2v) is 5.85. The number of fused-ring (bicyclic) bond motifs is 3. The van der Waals surface area contributed by atoms with E-state index in [1.807, 2.05) is 0 Å². The van der Waals surface area contributed by atoms with Crippen LogP contribution in [0.15, 0.2) is 57.2 Å². The Morgan fingerprint density at radius 2 is 1.63 bits per heavy atom. The van der Waals surface area contributed by atoms with Gasteiger partial charge in [-0.1, -0.05) is 0 Å². The number of hydrogen-bond acceptors (Lipinski definition) is 5. The molecule has 0 spiro atoms. The summed E-state index contributed by atoms with van der Waals surface area (Å²) in [4.78, 5) is 30.9. The van der Waals surface area contributed by atoms with Gasteiger partial charge in [0.05, 0.1) is 26.0 Å². The Balaban J connectivity index is 1.83. The molecule has 8 nitrogen and oxygen atoms in total. The lowest BCUT2D eigenvalue weighted by Gasteiger charge is -2.00. The van der Waals surface area contributed by atoms with Gasteiger partial charge in [0.1, 0.15) is 17.0 Å². The third kappa shape index (κ3) is 2.86. The first-order valence-electron chi connectivity index (χ1n) is 8.14. The van der Waals surface area contributed by atoms with Crippen LogP contribution < -0.4 is 20.7 Å². The number of aromatic nitrogens is 3. The van der Waals surface area contributed by atoms with E-state index < -0.39 is 11.2 Å². The van der Waals surface area contributed by atoms with Crippen molar-refractivity contribution in [2.75, 3.05) is 14.2 Å². The first kappa shape index (κ1) is 16.6. The van der Waals surface area contributed by atoms with Crippen LogP contribution in [0.25, 0.3) is 21.9 Å². The topological polar surface area (TPSA) is 101 Å². The average Bonchev–Trinajstić information content (AvgIpc) is 3.06. The number of rotatable bonds is 4. The number of benzene rings is 2. The predicted molar refractivity (Wildman–Crippen MR) is 103 cm³/mol. The molecule has 2 aromatic heterocycles. The average molecular weight is 364 g/mol. The van der Waals surface area contributed by atoms with Crippen LogP contribution >= 0.6 is 0 Å². The highest BCUT2D eigenvalue weighted by atomic mass is 16.5. The van der Waals surface area contributed by atoms with Crippen molar-refractivity contribution >= 4 is 28.2 Å². The molecular weight excluding hydrogens is 348 g/mol. The summed E-state index contributed by atoms with van der Waals surface area (Å²) in [6.07, 6.45) is 1.44. The molecule has 2 aromatic carbocycles. The van der Waals surface area contributed by atoms with Crippen molar-refractivity contribution in [1.29, 1.82) is 0 Å². The van der Waals surface area contributed by atoms with Gasteiger partial charge in [-0.15, -0.1) is 4.68 Å². The van der Waals surface area contributed by atoms with Gasteiger partial charge in [0, 0.05) is 10.9 Å². The maximum Gasteiger partial charge on any atom is 0.350 e. The van der Waals surface area contributed by atoms with Gasteiger partial charge < -0.3 is 19.4 Å². The molecule has 0 bridgehead atoms. The fourth-order valence-electron chi connectivity index (χ4n) is 2.87. The fraction of sp³-hybridized carbons (Fsp3) is 0.105. The number of hydrogen-bond donors (Lipinski definition) is 2. The van der Waals surface area contributed by atoms with Crippen molar-refractivity contribution in [1.82, 2.24) is 14.6 Å². The summed E-state index contributed by atoms with van der Waals surface area (Å²) in [6.45, 7) is 0. The van der Waals surface area contributed by atoms with E-state index in [0.717, 1.165) is 15.8 Å². The Labute approximate surface area is 152 Å². The van der Waals surface area contributed by atoms with Crippen molar-refractivity contribution in [2.24, 2.45) is 5.10 Å². The molecule has 2 heterocycles. The number of nitrogens with one attached hydrogen (secondary N) is 2. The number of nitrogens with zero attached hydrogens (tertiary/aromatic N) is 2. The van der Waals surface area contributed by atoms with E-state index in [9.17, 15) is 9.59 Å². The lowest BCUT2D eigenvalue weighted by Crippen LogP contribution is -2.32. The van der Waals surface area contributed by atoms with Gasteiger partial charge in [-0.25, -0.2) is 4.79 Å². The summed E-state index contributed by atoms with van der Waals surface area (Å²) in [5.74, 6) is 1.34. The summed E-state index contributed by atoms with van der Waals surface area (Å²) < 4.78 is 11.1. The van der Waals surface area contributed by atoms with Gasteiger partial charge in [-0.3, -0.25) is 4.79 Å². The molecule has 0 amide bonds. The summed E-state index contributed by atoms with van der Waals surface area (Å²) in [5, 5.41) is 4.73. The smallest absolute Gasteiger partial charge is 0.350 e. The van der Waals surface area contributed by atoms with Gasteiger partial charge in [0.2, 0.25) is 0 Å². The maximum atomic E-state index is 12.7. The van der Waals surface area contributed by atoms with Gasteiger partial charge >= 0.3 is 11.2 Å². The number of methoxy groups -OCH3 is 2. The SMILES string of the molecule is COc1ccc(/C=N\n2c(=O)[nH]c3c([nH]c4ccc(OC)cc43)c2=O)cc1. The zero-order chi connectivity index (χ0) is 19.0. The Morgan fingerprint density at radius 3 is 2.33 bits per heavy atom. The van der Waals surface area contributed by atoms with Crippen LogP contribution in [0.2, 0.25) is 0 Å². The highest BCUT2D eigenvalue weighted by Crippen LogP contribution is 2.25. The van der Waals surface area contributed by atoms with Crippen LogP contribution in [0.4, 0.5) is 0 Å². The summed E-state index contributed by atoms with van der Waals surface area (Å²) >= 11 is 0. The van der Waals surface area contributed by atoms with Gasteiger partial charge in [-0.05, 0) is 48.0 Å². The first-order chi connectivity index (χ1) is 13.1. The third-order valence-electron chi connectivity index (χ3n) is 4.27. The minimum atomic E-state index is -0.624. The van der Waals surface area contributed by atoms with Crippen molar-refractivity contribution in [3.05, 3.63) is 68.9 Å². The van der Waals surface area contributed by atoms with E-state index in [1.165, 1.54) is 6.21 Å². The van der Waals surface area contributed by atoms with E-state index in [-0.39, 0.29) is 5.52 Å². The molecule has 136 valence electrons. The second-order valence-electron chi connectivity index (χ2n) is 5.85. The molecular formula is C19H16N4O4. The van der Waals surface area contributed by atoms with Crippen LogP contribution in [-0.2, 0) is 0 Å². The Hall–Kier alpha value is -3.81. The van der Waals surface area contributed by atoms with Crippen molar-refractivity contribution in [3.8, 4) is 11.5 Å². The number of H-pyrrole nitrogens is 2. The molecule has 8 heteroatoms. The van der Waals surface area contributed by atoms with Gasteiger partial charge in [0.25, 0.3) is 0 Å².